The van der Waals surface area contributed by atoms with Gasteiger partial charge in [0.25, 0.3) is 0 Å². The normalized spacial score (nSPS) is 18.8. The number of nitrogens with one attached hydrogen (secondary N) is 1. The number of nitrogens with two attached hydrogens (primary N) is 1. The quantitative estimate of drug-likeness (QED) is 0.504. The van der Waals surface area contributed by atoms with Crippen LogP contribution in [0.3, 0.4) is 0 Å². The summed E-state index contributed by atoms with van der Waals surface area (Å²) in [6.45, 7) is 1.29. The Morgan fingerprint density at radius 3 is 2.53 bits per heavy atom. The Labute approximate surface area is 99.6 Å². The molecule has 0 bridgehead atoms. The molecule has 7 heteroatoms. The van der Waals surface area contributed by atoms with E-state index in [0.29, 0.717) is 25.9 Å². The number of urea groups is 1. The highest BCUT2D eigenvalue weighted by atomic mass is 16.4. The number of rotatable bonds is 4. The molecule has 0 aromatic heterocycles. The molecule has 98 valence electrons. The first-order chi connectivity index (χ1) is 8.00. The number of aliphatic carboxylic acids is 1. The summed E-state index contributed by atoms with van der Waals surface area (Å²) in [6.07, 6.45) is 1.06. The van der Waals surface area contributed by atoms with Crippen LogP contribution in [0.25, 0.3) is 0 Å². The Bertz CT molecular complexity index is 277. The van der Waals surface area contributed by atoms with Gasteiger partial charge >= 0.3 is 12.0 Å². The van der Waals surface area contributed by atoms with Crippen LogP contribution in [0, 0.1) is 0 Å². The monoisotopic (exact) mass is 245 g/mol. The smallest absolute Gasteiger partial charge is 0.320 e. The van der Waals surface area contributed by atoms with E-state index in [2.05, 4.69) is 5.32 Å². The van der Waals surface area contributed by atoms with Crippen molar-refractivity contribution in [2.45, 2.75) is 31.4 Å². The molecule has 1 saturated heterocycles. The first-order valence-corrected chi connectivity index (χ1v) is 5.70. The molecule has 0 radical (unpaired) electrons. The van der Waals surface area contributed by atoms with E-state index >= 15 is 0 Å². The lowest BCUT2D eigenvalue weighted by Gasteiger charge is -2.29. The standard InChI is InChI=1S/C10H19N3O4/c11-8(9(15)16)1-4-12-10(17)13-5-2-7(14)3-6-13/h7-8,14H,1-6,11H2,(H,12,17)(H,15,16)/t8-/m0/s1. The molecule has 5 N–H and O–H groups in total. The number of carboxylic acids is 1. The second-order valence-corrected chi connectivity index (χ2v) is 4.18. The summed E-state index contributed by atoms with van der Waals surface area (Å²) in [7, 11) is 0. The fraction of sp³-hybridized carbons (Fsp3) is 0.800. The third-order valence-electron chi connectivity index (χ3n) is 2.80. The lowest BCUT2D eigenvalue weighted by atomic mass is 10.1. The van der Waals surface area contributed by atoms with E-state index in [1.165, 1.54) is 0 Å². The number of piperidine rings is 1. The largest absolute Gasteiger partial charge is 0.480 e. The minimum absolute atomic E-state index is 0.206. The molecule has 17 heavy (non-hydrogen) atoms. The van der Waals surface area contributed by atoms with Gasteiger partial charge in [0.15, 0.2) is 0 Å². The van der Waals surface area contributed by atoms with E-state index in [4.69, 9.17) is 10.8 Å². The molecule has 0 saturated carbocycles. The third kappa shape index (κ3) is 4.58. The molecule has 0 aliphatic carbocycles. The number of carboxylic acid groups (broad SMARTS) is 1. The van der Waals surface area contributed by atoms with Crippen molar-refractivity contribution in [2.24, 2.45) is 5.73 Å². The highest BCUT2D eigenvalue weighted by molar-refractivity contribution is 5.75. The van der Waals surface area contributed by atoms with Crippen molar-refractivity contribution in [2.75, 3.05) is 19.6 Å². The molecule has 1 atom stereocenters. The number of carbonyl (C=O) groups excluding carboxylic acids is 1. The van der Waals surface area contributed by atoms with Gasteiger partial charge in [-0.25, -0.2) is 4.79 Å². The average molecular weight is 245 g/mol. The van der Waals surface area contributed by atoms with Crippen molar-refractivity contribution < 1.29 is 19.8 Å². The number of aliphatic hydroxyl groups excluding tert-OH is 1. The molecule has 0 unspecified atom stereocenters. The summed E-state index contributed by atoms with van der Waals surface area (Å²) in [5.41, 5.74) is 5.30. The summed E-state index contributed by atoms with van der Waals surface area (Å²) < 4.78 is 0. The predicted octanol–water partition coefficient (Wildman–Crippen LogP) is -1.05. The van der Waals surface area contributed by atoms with Crippen LogP contribution in [0.2, 0.25) is 0 Å². The van der Waals surface area contributed by atoms with E-state index in [1.54, 1.807) is 4.90 Å². The van der Waals surface area contributed by atoms with Gasteiger partial charge in [-0.05, 0) is 19.3 Å². The summed E-state index contributed by atoms with van der Waals surface area (Å²) in [5, 5.41) is 20.4. The number of hydrogen-bond acceptors (Lipinski definition) is 4. The lowest BCUT2D eigenvalue weighted by molar-refractivity contribution is -0.138. The maximum absolute atomic E-state index is 11.6. The Hall–Kier alpha value is -1.34. The van der Waals surface area contributed by atoms with Gasteiger partial charge in [0.05, 0.1) is 6.10 Å². The van der Waals surface area contributed by atoms with Crippen molar-refractivity contribution >= 4 is 12.0 Å². The highest BCUT2D eigenvalue weighted by Gasteiger charge is 2.21. The molecule has 0 spiro atoms. The van der Waals surface area contributed by atoms with Crippen LogP contribution in [0.4, 0.5) is 4.79 Å². The molecule has 1 fully saturated rings. The van der Waals surface area contributed by atoms with Crippen molar-refractivity contribution in [3.63, 3.8) is 0 Å². The highest BCUT2D eigenvalue weighted by Crippen LogP contribution is 2.09. The van der Waals surface area contributed by atoms with Crippen molar-refractivity contribution in [1.29, 1.82) is 0 Å². The first kappa shape index (κ1) is 13.7. The second kappa shape index (κ2) is 6.41. The second-order valence-electron chi connectivity index (χ2n) is 4.18. The van der Waals surface area contributed by atoms with Gasteiger partial charge in [-0.2, -0.15) is 0 Å². The maximum Gasteiger partial charge on any atom is 0.320 e. The van der Waals surface area contributed by atoms with Gasteiger partial charge in [-0.3, -0.25) is 4.79 Å². The SMILES string of the molecule is N[C@@H](CCNC(=O)N1CCC(O)CC1)C(=O)O. The fourth-order valence-electron chi connectivity index (χ4n) is 1.64. The van der Waals surface area contributed by atoms with Crippen molar-refractivity contribution in [1.82, 2.24) is 10.2 Å². The zero-order valence-corrected chi connectivity index (χ0v) is 9.63. The molecule has 0 aromatic rings. The molecule has 1 heterocycles. The molecule has 1 aliphatic rings. The van der Waals surface area contributed by atoms with Crippen LogP contribution in [0.1, 0.15) is 19.3 Å². The number of hydrogen-bond donors (Lipinski definition) is 4. The average Bonchev–Trinajstić information content (AvgIpc) is 2.29. The minimum atomic E-state index is -1.07. The van der Waals surface area contributed by atoms with Crippen LogP contribution < -0.4 is 11.1 Å². The summed E-state index contributed by atoms with van der Waals surface area (Å²) >= 11 is 0. The van der Waals surface area contributed by atoms with Gasteiger partial charge in [0.2, 0.25) is 0 Å². The Morgan fingerprint density at radius 1 is 1.41 bits per heavy atom. The van der Waals surface area contributed by atoms with E-state index < -0.39 is 12.0 Å². The van der Waals surface area contributed by atoms with Crippen LogP contribution in [-0.2, 0) is 4.79 Å². The zero-order valence-electron chi connectivity index (χ0n) is 9.63. The maximum atomic E-state index is 11.6. The Balaban J connectivity index is 2.19. The van der Waals surface area contributed by atoms with E-state index in [-0.39, 0.29) is 25.1 Å². The topological polar surface area (TPSA) is 116 Å². The Kier molecular flexibility index (Phi) is 5.17. The van der Waals surface area contributed by atoms with Crippen LogP contribution in [0.5, 0.6) is 0 Å². The predicted molar refractivity (Wildman–Crippen MR) is 60.4 cm³/mol. The van der Waals surface area contributed by atoms with Gasteiger partial charge in [0, 0.05) is 19.6 Å². The number of amides is 2. The zero-order chi connectivity index (χ0) is 12.8. The van der Waals surface area contributed by atoms with Crippen LogP contribution in [-0.4, -0.2) is 58.9 Å². The summed E-state index contributed by atoms with van der Waals surface area (Å²) in [5.74, 6) is -1.07. The minimum Gasteiger partial charge on any atom is -0.480 e. The van der Waals surface area contributed by atoms with Gasteiger partial charge in [0.1, 0.15) is 6.04 Å². The van der Waals surface area contributed by atoms with Crippen LogP contribution >= 0.6 is 0 Å². The van der Waals surface area contributed by atoms with Crippen molar-refractivity contribution in [3.8, 4) is 0 Å². The van der Waals surface area contributed by atoms with Crippen LogP contribution in [0.15, 0.2) is 0 Å². The van der Waals surface area contributed by atoms with Gasteiger partial charge < -0.3 is 26.2 Å². The first-order valence-electron chi connectivity index (χ1n) is 5.70. The molecule has 1 rings (SSSR count). The van der Waals surface area contributed by atoms with E-state index in [1.807, 2.05) is 0 Å². The number of likely N-dealkylation sites (tertiary alicyclic amines) is 1. The fourth-order valence-corrected chi connectivity index (χ4v) is 1.64. The number of nitrogens with zero attached hydrogens (tertiary/aromatic N) is 1. The van der Waals surface area contributed by atoms with E-state index in [0.717, 1.165) is 0 Å². The summed E-state index contributed by atoms with van der Waals surface area (Å²) in [4.78, 5) is 23.6. The Morgan fingerprint density at radius 2 is 2.00 bits per heavy atom. The molecular weight excluding hydrogens is 226 g/mol. The summed E-state index contributed by atoms with van der Waals surface area (Å²) in [6, 6.07) is -1.17. The van der Waals surface area contributed by atoms with Crippen molar-refractivity contribution in [3.05, 3.63) is 0 Å². The van der Waals surface area contributed by atoms with Gasteiger partial charge in [-0.1, -0.05) is 0 Å². The molecule has 2 amide bonds. The molecule has 0 aromatic carbocycles. The lowest BCUT2D eigenvalue weighted by Crippen LogP contribution is -2.46. The molecule has 7 nitrogen and oxygen atoms in total. The third-order valence-corrected chi connectivity index (χ3v) is 2.80. The van der Waals surface area contributed by atoms with Gasteiger partial charge in [-0.15, -0.1) is 0 Å². The van der Waals surface area contributed by atoms with E-state index in [9.17, 15) is 14.7 Å². The molecule has 1 aliphatic heterocycles. The number of aliphatic hydroxyl groups is 1. The molecular formula is C10H19N3O4. The number of carbonyl (C=O) groups is 2.